The number of nitrogens with zero attached hydrogens (tertiary/aromatic N) is 3. The summed E-state index contributed by atoms with van der Waals surface area (Å²) in [5.41, 5.74) is 2.08. The van der Waals surface area contributed by atoms with Crippen molar-refractivity contribution in [1.82, 2.24) is 20.1 Å². The Bertz CT molecular complexity index is 1040. The Morgan fingerprint density at radius 1 is 1.16 bits per heavy atom. The van der Waals surface area contributed by atoms with Crippen molar-refractivity contribution in [3.8, 4) is 22.9 Å². The van der Waals surface area contributed by atoms with Gasteiger partial charge >= 0.3 is 0 Å². The van der Waals surface area contributed by atoms with Crippen molar-refractivity contribution >= 4 is 17.5 Å². The zero-order chi connectivity index (χ0) is 21.8. The van der Waals surface area contributed by atoms with Gasteiger partial charge in [-0.2, -0.15) is 5.10 Å². The number of hydrogen-bond donors (Lipinski definition) is 1. The van der Waals surface area contributed by atoms with E-state index in [-0.39, 0.29) is 18.1 Å². The first kappa shape index (κ1) is 21.2. The monoisotopic (exact) mass is 440 g/mol. The van der Waals surface area contributed by atoms with Gasteiger partial charge in [-0.1, -0.05) is 23.7 Å². The van der Waals surface area contributed by atoms with Gasteiger partial charge in [0, 0.05) is 30.9 Å². The van der Waals surface area contributed by atoms with Crippen molar-refractivity contribution in [2.75, 3.05) is 7.11 Å². The topological polar surface area (TPSA) is 78.3 Å². The number of carbonyl (C=O) groups is 1. The van der Waals surface area contributed by atoms with E-state index < -0.39 is 0 Å². The number of rotatable bonds is 6. The van der Waals surface area contributed by atoms with Crippen LogP contribution in [0.15, 0.2) is 48.7 Å². The summed E-state index contributed by atoms with van der Waals surface area (Å²) in [4.78, 5) is 17.1. The number of para-hydroxylation sites is 1. The van der Waals surface area contributed by atoms with Crippen LogP contribution in [0, 0.1) is 0 Å². The van der Waals surface area contributed by atoms with E-state index in [0.29, 0.717) is 22.3 Å². The predicted molar refractivity (Wildman–Crippen MR) is 119 cm³/mol. The molecule has 1 aliphatic rings. The van der Waals surface area contributed by atoms with Gasteiger partial charge in [-0.3, -0.25) is 9.48 Å². The molecule has 8 heteroatoms. The average molecular weight is 441 g/mol. The lowest BCUT2D eigenvalue weighted by Gasteiger charge is -2.29. The molecular weight excluding hydrogens is 416 g/mol. The highest BCUT2D eigenvalue weighted by molar-refractivity contribution is 6.30. The molecule has 1 N–H and O–H groups in total. The Morgan fingerprint density at radius 3 is 2.65 bits per heavy atom. The summed E-state index contributed by atoms with van der Waals surface area (Å²) >= 11 is 5.86. The molecule has 2 aromatic heterocycles. The van der Waals surface area contributed by atoms with Crippen LogP contribution in [0.5, 0.6) is 11.6 Å². The number of aromatic nitrogens is 3. The lowest BCUT2D eigenvalue weighted by atomic mass is 9.93. The molecule has 2 heterocycles. The molecule has 31 heavy (non-hydrogen) atoms. The van der Waals surface area contributed by atoms with E-state index in [9.17, 15) is 4.79 Å². The number of ether oxygens (including phenoxy) is 2. The van der Waals surface area contributed by atoms with Crippen molar-refractivity contribution in [3.63, 3.8) is 0 Å². The number of carbonyl (C=O) groups excluding carboxylic acids is 1. The second-order valence-corrected chi connectivity index (χ2v) is 8.05. The zero-order valence-electron chi connectivity index (χ0n) is 17.5. The minimum atomic E-state index is -0.125. The third kappa shape index (κ3) is 4.99. The summed E-state index contributed by atoms with van der Waals surface area (Å²) in [7, 11) is 3.40. The van der Waals surface area contributed by atoms with Crippen LogP contribution in [0.4, 0.5) is 0 Å². The van der Waals surface area contributed by atoms with E-state index in [4.69, 9.17) is 21.1 Å². The first-order valence-electron chi connectivity index (χ1n) is 10.3. The summed E-state index contributed by atoms with van der Waals surface area (Å²) in [6, 6.07) is 13.1. The molecule has 3 aromatic rings. The maximum absolute atomic E-state index is 12.9. The molecule has 0 radical (unpaired) electrons. The molecule has 0 aliphatic heterocycles. The number of benzene rings is 1. The van der Waals surface area contributed by atoms with Gasteiger partial charge in [0.05, 0.1) is 17.8 Å². The summed E-state index contributed by atoms with van der Waals surface area (Å²) in [6.07, 6.45) is 5.08. The lowest BCUT2D eigenvalue weighted by molar-refractivity contribution is 0.0881. The first-order valence-corrected chi connectivity index (χ1v) is 10.7. The highest BCUT2D eigenvalue weighted by atomic mass is 35.5. The molecule has 162 valence electrons. The van der Waals surface area contributed by atoms with Crippen LogP contribution in [0.25, 0.3) is 11.3 Å². The van der Waals surface area contributed by atoms with Crippen LogP contribution >= 0.6 is 11.6 Å². The fourth-order valence-corrected chi connectivity index (χ4v) is 3.97. The van der Waals surface area contributed by atoms with Gasteiger partial charge in [0.25, 0.3) is 5.91 Å². The van der Waals surface area contributed by atoms with Gasteiger partial charge in [-0.25, -0.2) is 4.98 Å². The number of amides is 1. The normalized spacial score (nSPS) is 18.4. The lowest BCUT2D eigenvalue weighted by Crippen LogP contribution is -2.40. The van der Waals surface area contributed by atoms with E-state index in [0.717, 1.165) is 37.0 Å². The van der Waals surface area contributed by atoms with Gasteiger partial charge < -0.3 is 14.8 Å². The molecule has 0 unspecified atom stereocenters. The van der Waals surface area contributed by atoms with Crippen molar-refractivity contribution < 1.29 is 14.3 Å². The van der Waals surface area contributed by atoms with Crippen LogP contribution in [-0.4, -0.2) is 39.9 Å². The van der Waals surface area contributed by atoms with E-state index in [2.05, 4.69) is 15.4 Å². The number of nitrogens with one attached hydrogen (secondary N) is 1. The first-order chi connectivity index (χ1) is 15.0. The van der Waals surface area contributed by atoms with Crippen molar-refractivity contribution in [2.24, 2.45) is 7.05 Å². The van der Waals surface area contributed by atoms with E-state index in [1.165, 1.54) is 0 Å². The fourth-order valence-electron chi connectivity index (χ4n) is 3.85. The summed E-state index contributed by atoms with van der Waals surface area (Å²) in [5.74, 6) is 1.18. The van der Waals surface area contributed by atoms with Crippen LogP contribution < -0.4 is 14.8 Å². The molecule has 0 bridgehead atoms. The average Bonchev–Trinajstić information content (AvgIpc) is 3.18. The van der Waals surface area contributed by atoms with Crippen molar-refractivity contribution in [1.29, 1.82) is 0 Å². The molecule has 1 amide bonds. The molecule has 0 atom stereocenters. The van der Waals surface area contributed by atoms with E-state index in [1.807, 2.05) is 24.3 Å². The van der Waals surface area contributed by atoms with Gasteiger partial charge in [0.15, 0.2) is 0 Å². The van der Waals surface area contributed by atoms with Gasteiger partial charge in [-0.05, 0) is 49.9 Å². The maximum Gasteiger partial charge on any atom is 0.269 e. The highest BCUT2D eigenvalue weighted by Crippen LogP contribution is 2.29. The van der Waals surface area contributed by atoms with E-state index in [1.54, 1.807) is 43.2 Å². The fraction of sp³-hybridized carbons (Fsp3) is 0.348. The largest absolute Gasteiger partial charge is 0.496 e. The van der Waals surface area contributed by atoms with Crippen molar-refractivity contribution in [2.45, 2.75) is 37.8 Å². The van der Waals surface area contributed by atoms with Crippen LogP contribution in [-0.2, 0) is 7.05 Å². The Kier molecular flexibility index (Phi) is 6.42. The number of aryl methyl sites for hydroxylation is 1. The summed E-state index contributed by atoms with van der Waals surface area (Å²) in [6.45, 7) is 0. The number of hydrogen-bond acceptors (Lipinski definition) is 5. The zero-order valence-corrected chi connectivity index (χ0v) is 18.3. The van der Waals surface area contributed by atoms with E-state index >= 15 is 0 Å². The quantitative estimate of drug-likeness (QED) is 0.619. The standard InChI is InChI=1S/C23H25ClN4O3/c1-28-20(13-19(27-28)18-5-3-4-6-21(18)30-2)23(29)26-16-8-10-17(11-9-16)31-22-12-7-15(24)14-25-22/h3-7,12-14,16-17H,8-11H2,1-2H3,(H,26,29). The number of halogens is 1. The van der Waals surface area contributed by atoms with Crippen LogP contribution in [0.1, 0.15) is 36.2 Å². The molecule has 1 aliphatic carbocycles. The van der Waals surface area contributed by atoms with Gasteiger partial charge in [-0.15, -0.1) is 0 Å². The maximum atomic E-state index is 12.9. The summed E-state index contributed by atoms with van der Waals surface area (Å²) in [5, 5.41) is 8.24. The Balaban J connectivity index is 1.35. The van der Waals surface area contributed by atoms with Gasteiger partial charge in [0.2, 0.25) is 5.88 Å². The third-order valence-electron chi connectivity index (χ3n) is 5.49. The molecule has 0 saturated heterocycles. The second kappa shape index (κ2) is 9.39. The minimum Gasteiger partial charge on any atom is -0.496 e. The number of methoxy groups -OCH3 is 1. The third-order valence-corrected chi connectivity index (χ3v) is 5.72. The highest BCUT2D eigenvalue weighted by Gasteiger charge is 2.25. The summed E-state index contributed by atoms with van der Waals surface area (Å²) < 4.78 is 13.0. The smallest absolute Gasteiger partial charge is 0.269 e. The van der Waals surface area contributed by atoms with Crippen molar-refractivity contribution in [3.05, 3.63) is 59.4 Å². The molecule has 1 fully saturated rings. The second-order valence-electron chi connectivity index (χ2n) is 7.62. The molecule has 1 saturated carbocycles. The Hall–Kier alpha value is -3.06. The predicted octanol–water partition coefficient (Wildman–Crippen LogP) is 4.26. The van der Waals surface area contributed by atoms with Gasteiger partial charge in [0.1, 0.15) is 17.5 Å². The Morgan fingerprint density at radius 2 is 1.94 bits per heavy atom. The SMILES string of the molecule is COc1ccccc1-c1cc(C(=O)NC2CCC(Oc3ccc(Cl)cn3)CC2)n(C)n1. The van der Waals surface area contributed by atoms with Crippen LogP contribution in [0.2, 0.25) is 5.02 Å². The minimum absolute atomic E-state index is 0.0932. The molecule has 1 aromatic carbocycles. The number of pyridine rings is 1. The van der Waals surface area contributed by atoms with Crippen LogP contribution in [0.3, 0.4) is 0 Å². The molecule has 4 rings (SSSR count). The Labute approximate surface area is 186 Å². The molecule has 0 spiro atoms. The molecular formula is C23H25ClN4O3. The molecule has 7 nitrogen and oxygen atoms in total.